The van der Waals surface area contributed by atoms with Crippen molar-refractivity contribution in [2.45, 2.75) is 26.2 Å². The third kappa shape index (κ3) is 2.59. The van der Waals surface area contributed by atoms with Crippen LogP contribution in [0.2, 0.25) is 0 Å². The lowest BCUT2D eigenvalue weighted by Gasteiger charge is -2.19. The van der Waals surface area contributed by atoms with Gasteiger partial charge < -0.3 is 5.73 Å². The van der Waals surface area contributed by atoms with Crippen LogP contribution < -0.4 is 5.73 Å². The number of rotatable bonds is 4. The molecule has 2 nitrogen and oxygen atoms in total. The van der Waals surface area contributed by atoms with Crippen LogP contribution in [0.15, 0.2) is 31.1 Å². The van der Waals surface area contributed by atoms with E-state index in [2.05, 4.69) is 25.4 Å². The maximum Gasteiger partial charge on any atom is 0.0503 e. The molecule has 0 aliphatic carbocycles. The fourth-order valence-corrected chi connectivity index (χ4v) is 1.65. The van der Waals surface area contributed by atoms with Gasteiger partial charge in [0.05, 0.1) is 5.69 Å². The number of hydrogen-bond acceptors (Lipinski definition) is 2. The average Bonchev–Trinajstić information content (AvgIpc) is 2.13. The van der Waals surface area contributed by atoms with Gasteiger partial charge in [0.25, 0.3) is 0 Å². The minimum absolute atomic E-state index is 0.475. The summed E-state index contributed by atoms with van der Waals surface area (Å²) in [5.74, 6) is 1.06. The second-order valence-electron chi connectivity index (χ2n) is 3.93. The van der Waals surface area contributed by atoms with Crippen LogP contribution in [0, 0.1) is 5.92 Å². The van der Waals surface area contributed by atoms with Crippen molar-refractivity contribution in [3.63, 3.8) is 0 Å². The molecule has 1 aromatic rings. The summed E-state index contributed by atoms with van der Waals surface area (Å²) in [6.45, 7) is 8.19. The molecule has 0 amide bonds. The summed E-state index contributed by atoms with van der Waals surface area (Å²) < 4.78 is 0. The molecule has 1 rings (SSSR count). The van der Waals surface area contributed by atoms with E-state index in [0.717, 1.165) is 12.1 Å². The Hall–Kier alpha value is -1.31. The van der Waals surface area contributed by atoms with Gasteiger partial charge in [-0.3, -0.25) is 4.98 Å². The van der Waals surface area contributed by atoms with E-state index in [1.54, 1.807) is 6.20 Å². The number of hydrogen-bond donors (Lipinski definition) is 1. The molecule has 0 radical (unpaired) electrons. The van der Waals surface area contributed by atoms with E-state index in [9.17, 15) is 0 Å². The summed E-state index contributed by atoms with van der Waals surface area (Å²) in [5.41, 5.74) is 7.65. The van der Waals surface area contributed by atoms with Crippen molar-refractivity contribution in [2.75, 3.05) is 5.73 Å². The minimum atomic E-state index is 0.475. The van der Waals surface area contributed by atoms with Gasteiger partial charge in [0.15, 0.2) is 0 Å². The summed E-state index contributed by atoms with van der Waals surface area (Å²) in [7, 11) is 0. The standard InChI is InChI=1S/C12H18N2/c1-4-5-12(9(2)3)10-6-11(13)8-14-7-10/h4,6-9,12H,1,5,13H2,2-3H3/t12-/m1/s1. The zero-order chi connectivity index (χ0) is 10.6. The average molecular weight is 190 g/mol. The minimum Gasteiger partial charge on any atom is -0.397 e. The molecule has 1 heterocycles. The first-order chi connectivity index (χ1) is 6.65. The largest absolute Gasteiger partial charge is 0.397 e. The monoisotopic (exact) mass is 190 g/mol. The highest BCUT2D eigenvalue weighted by Gasteiger charge is 2.14. The summed E-state index contributed by atoms with van der Waals surface area (Å²) in [5, 5.41) is 0. The van der Waals surface area contributed by atoms with E-state index >= 15 is 0 Å². The second-order valence-corrected chi connectivity index (χ2v) is 3.93. The molecule has 0 saturated heterocycles. The normalized spacial score (nSPS) is 12.8. The summed E-state index contributed by atoms with van der Waals surface area (Å²) in [6.07, 6.45) is 6.50. The Bertz CT molecular complexity index is 305. The number of pyridine rings is 1. The van der Waals surface area contributed by atoms with Crippen LogP contribution in [0.5, 0.6) is 0 Å². The van der Waals surface area contributed by atoms with Crippen LogP contribution in [0.25, 0.3) is 0 Å². The van der Waals surface area contributed by atoms with Gasteiger partial charge in [-0.2, -0.15) is 0 Å². The van der Waals surface area contributed by atoms with E-state index in [4.69, 9.17) is 5.73 Å². The lowest BCUT2D eigenvalue weighted by atomic mass is 9.86. The fourth-order valence-electron chi connectivity index (χ4n) is 1.65. The first-order valence-electron chi connectivity index (χ1n) is 4.96. The van der Waals surface area contributed by atoms with E-state index in [1.165, 1.54) is 5.56 Å². The molecule has 0 aliphatic rings. The molecular formula is C12H18N2. The van der Waals surface area contributed by atoms with E-state index in [1.807, 2.05) is 18.3 Å². The second kappa shape index (κ2) is 4.80. The van der Waals surface area contributed by atoms with E-state index in [-0.39, 0.29) is 0 Å². The lowest BCUT2D eigenvalue weighted by molar-refractivity contribution is 0.501. The molecule has 0 saturated carbocycles. The van der Waals surface area contributed by atoms with Gasteiger partial charge in [-0.1, -0.05) is 19.9 Å². The lowest BCUT2D eigenvalue weighted by Crippen LogP contribution is -2.06. The van der Waals surface area contributed by atoms with Crippen molar-refractivity contribution in [1.82, 2.24) is 4.98 Å². The highest BCUT2D eigenvalue weighted by Crippen LogP contribution is 2.28. The first-order valence-corrected chi connectivity index (χ1v) is 4.96. The molecule has 0 unspecified atom stereocenters. The van der Waals surface area contributed by atoms with Gasteiger partial charge in [-0.15, -0.1) is 6.58 Å². The van der Waals surface area contributed by atoms with Crippen LogP contribution in [-0.2, 0) is 0 Å². The molecule has 0 bridgehead atoms. The van der Waals surface area contributed by atoms with Gasteiger partial charge in [0.2, 0.25) is 0 Å². The maximum atomic E-state index is 5.70. The zero-order valence-electron chi connectivity index (χ0n) is 8.90. The first kappa shape index (κ1) is 10.8. The Morgan fingerprint density at radius 3 is 2.71 bits per heavy atom. The SMILES string of the molecule is C=CC[C@@H](c1cncc(N)c1)C(C)C. The van der Waals surface area contributed by atoms with Gasteiger partial charge in [0.1, 0.15) is 0 Å². The van der Waals surface area contributed by atoms with E-state index < -0.39 is 0 Å². The molecule has 0 aliphatic heterocycles. The third-order valence-corrected chi connectivity index (χ3v) is 2.43. The number of anilines is 1. The Morgan fingerprint density at radius 1 is 1.50 bits per heavy atom. The van der Waals surface area contributed by atoms with Crippen molar-refractivity contribution >= 4 is 5.69 Å². The molecule has 1 atom stereocenters. The van der Waals surface area contributed by atoms with Crippen LogP contribution in [-0.4, -0.2) is 4.98 Å². The van der Waals surface area contributed by atoms with Crippen molar-refractivity contribution < 1.29 is 0 Å². The quantitative estimate of drug-likeness (QED) is 0.741. The van der Waals surface area contributed by atoms with Crippen LogP contribution in [0.1, 0.15) is 31.7 Å². The van der Waals surface area contributed by atoms with Gasteiger partial charge in [-0.05, 0) is 29.9 Å². The third-order valence-electron chi connectivity index (χ3n) is 2.43. The number of aromatic nitrogens is 1. The summed E-state index contributed by atoms with van der Waals surface area (Å²) in [4.78, 5) is 4.11. The molecule has 2 heteroatoms. The number of allylic oxidation sites excluding steroid dienone is 1. The molecule has 2 N–H and O–H groups in total. The number of nitrogens with two attached hydrogens (primary N) is 1. The molecule has 76 valence electrons. The molecule has 1 aromatic heterocycles. The van der Waals surface area contributed by atoms with Crippen molar-refractivity contribution in [3.8, 4) is 0 Å². The highest BCUT2D eigenvalue weighted by atomic mass is 14.7. The van der Waals surface area contributed by atoms with Gasteiger partial charge >= 0.3 is 0 Å². The van der Waals surface area contributed by atoms with Crippen molar-refractivity contribution in [2.24, 2.45) is 5.92 Å². The smallest absolute Gasteiger partial charge is 0.0503 e. The zero-order valence-corrected chi connectivity index (χ0v) is 8.90. The Balaban J connectivity index is 2.92. The Labute approximate surface area is 85.9 Å². The van der Waals surface area contributed by atoms with Crippen LogP contribution in [0.4, 0.5) is 5.69 Å². The van der Waals surface area contributed by atoms with Crippen LogP contribution >= 0.6 is 0 Å². The van der Waals surface area contributed by atoms with Gasteiger partial charge in [-0.25, -0.2) is 0 Å². The highest BCUT2D eigenvalue weighted by molar-refractivity contribution is 5.38. The topological polar surface area (TPSA) is 38.9 Å². The Kier molecular flexibility index (Phi) is 3.69. The summed E-state index contributed by atoms with van der Waals surface area (Å²) in [6, 6.07) is 2.00. The van der Waals surface area contributed by atoms with E-state index in [0.29, 0.717) is 11.8 Å². The predicted octanol–water partition coefficient (Wildman–Crippen LogP) is 2.98. The van der Waals surface area contributed by atoms with Crippen LogP contribution in [0.3, 0.4) is 0 Å². The molecule has 0 aromatic carbocycles. The molecule has 14 heavy (non-hydrogen) atoms. The molecule has 0 fully saturated rings. The number of nitrogens with zero attached hydrogens (tertiary/aromatic N) is 1. The predicted molar refractivity (Wildman–Crippen MR) is 61.0 cm³/mol. The maximum absolute atomic E-state index is 5.70. The van der Waals surface area contributed by atoms with Crippen molar-refractivity contribution in [1.29, 1.82) is 0 Å². The van der Waals surface area contributed by atoms with Crippen molar-refractivity contribution in [3.05, 3.63) is 36.7 Å². The molecule has 0 spiro atoms. The molecular weight excluding hydrogens is 172 g/mol. The number of nitrogen functional groups attached to an aromatic ring is 1. The summed E-state index contributed by atoms with van der Waals surface area (Å²) >= 11 is 0. The Morgan fingerprint density at radius 2 is 2.21 bits per heavy atom. The van der Waals surface area contributed by atoms with Gasteiger partial charge in [0, 0.05) is 12.4 Å². The fraction of sp³-hybridized carbons (Fsp3) is 0.417.